The van der Waals surface area contributed by atoms with E-state index in [0.717, 1.165) is 25.1 Å². The summed E-state index contributed by atoms with van der Waals surface area (Å²) in [5, 5.41) is 54.9. The highest BCUT2D eigenvalue weighted by molar-refractivity contribution is 7.79. The molecule has 8 N–H and O–H groups in total. The van der Waals surface area contributed by atoms with Gasteiger partial charge < -0.3 is 35.4 Å². The van der Waals surface area contributed by atoms with Crippen molar-refractivity contribution in [3.8, 4) is 0 Å². The van der Waals surface area contributed by atoms with Gasteiger partial charge in [-0.05, 0) is 35.1 Å². The fourth-order valence-corrected chi connectivity index (χ4v) is 4.57. The van der Waals surface area contributed by atoms with Crippen LogP contribution in [-0.2, 0) is 32.9 Å². The molecule has 0 aliphatic carbocycles. The molecular formula is C22H32ClNO12S2. The van der Waals surface area contributed by atoms with Crippen molar-refractivity contribution in [1.29, 1.82) is 0 Å². The van der Waals surface area contributed by atoms with Gasteiger partial charge in [0.1, 0.15) is 30.5 Å². The third-order valence-electron chi connectivity index (χ3n) is 5.34. The molecule has 1 aromatic carbocycles. The van der Waals surface area contributed by atoms with Crippen LogP contribution in [0.5, 0.6) is 0 Å². The molecule has 0 radical (unpaired) electrons. The van der Waals surface area contributed by atoms with Crippen LogP contribution in [0.1, 0.15) is 22.0 Å². The highest BCUT2D eigenvalue weighted by atomic mass is 35.5. The Kier molecular flexibility index (Phi) is 14.8. The van der Waals surface area contributed by atoms with Crippen molar-refractivity contribution < 1.29 is 57.7 Å². The standard InChI is InChI=1S/C16H16ClNO2S.C6H14O6.H2O4S/c1-20-16(19)15(12-4-2-3-5-13(12)17)18-8-6-14-11(10-18)7-9-21-14;7-1-3(9)5(11)6(12)4(10)2-8;1-5(2,3)4/h2-5,7,9,15H,6,8,10H2,1H3;3-12H,1-2H2;(H2,1,2,3,4)/t15-;3-,4-,5-,6-;/m01./s1. The summed E-state index contributed by atoms with van der Waals surface area (Å²) >= 11 is 8.07. The molecule has 38 heavy (non-hydrogen) atoms. The van der Waals surface area contributed by atoms with Crippen molar-refractivity contribution in [2.45, 2.75) is 43.4 Å². The smallest absolute Gasteiger partial charge is 0.394 e. The van der Waals surface area contributed by atoms with Crippen molar-refractivity contribution in [2.24, 2.45) is 0 Å². The first kappa shape index (κ1) is 34.3. The lowest BCUT2D eigenvalue weighted by Gasteiger charge is -2.33. The maximum Gasteiger partial charge on any atom is 0.394 e. The molecule has 0 amide bonds. The quantitative estimate of drug-likeness (QED) is 0.140. The van der Waals surface area contributed by atoms with Gasteiger partial charge in [0, 0.05) is 23.0 Å². The average molecular weight is 602 g/mol. The number of thiophene rings is 1. The van der Waals surface area contributed by atoms with Gasteiger partial charge in [-0.2, -0.15) is 8.42 Å². The number of fused-ring (bicyclic) bond motifs is 1. The van der Waals surface area contributed by atoms with Gasteiger partial charge in [-0.25, -0.2) is 4.79 Å². The first-order valence-electron chi connectivity index (χ1n) is 11.0. The van der Waals surface area contributed by atoms with Crippen LogP contribution in [0.4, 0.5) is 0 Å². The number of nitrogens with zero attached hydrogens (tertiary/aromatic N) is 1. The second-order valence-corrected chi connectivity index (χ2v) is 10.3. The van der Waals surface area contributed by atoms with E-state index in [9.17, 15) is 4.79 Å². The molecule has 1 aliphatic heterocycles. The molecule has 0 spiro atoms. The summed E-state index contributed by atoms with van der Waals surface area (Å²) < 4.78 is 36.6. The summed E-state index contributed by atoms with van der Waals surface area (Å²) in [6.07, 6.45) is -5.43. The number of hydrogen-bond donors (Lipinski definition) is 8. The normalized spacial score (nSPS) is 17.3. The second-order valence-electron chi connectivity index (χ2n) is 7.97. The van der Waals surface area contributed by atoms with Gasteiger partial charge in [0.25, 0.3) is 0 Å². The lowest BCUT2D eigenvalue weighted by molar-refractivity contribution is -0.147. The lowest BCUT2D eigenvalue weighted by atomic mass is 10.0. The van der Waals surface area contributed by atoms with Gasteiger partial charge in [-0.3, -0.25) is 14.0 Å². The van der Waals surface area contributed by atoms with E-state index in [-0.39, 0.29) is 5.97 Å². The molecule has 0 unspecified atom stereocenters. The van der Waals surface area contributed by atoms with E-state index in [1.54, 1.807) is 11.3 Å². The van der Waals surface area contributed by atoms with Crippen molar-refractivity contribution in [3.63, 3.8) is 0 Å². The Bertz CT molecular complexity index is 1080. The predicted octanol–water partition coefficient (Wildman–Crippen LogP) is -0.564. The van der Waals surface area contributed by atoms with Gasteiger partial charge >= 0.3 is 16.4 Å². The van der Waals surface area contributed by atoms with E-state index in [1.165, 1.54) is 17.6 Å². The first-order valence-corrected chi connectivity index (χ1v) is 13.7. The maximum absolute atomic E-state index is 12.3. The number of hydrogen-bond acceptors (Lipinski definition) is 12. The van der Waals surface area contributed by atoms with Gasteiger partial charge in [0.2, 0.25) is 0 Å². The molecular weight excluding hydrogens is 570 g/mol. The summed E-state index contributed by atoms with van der Waals surface area (Å²) in [5.41, 5.74) is 2.11. The summed E-state index contributed by atoms with van der Waals surface area (Å²) in [6.45, 7) is 0.134. The highest BCUT2D eigenvalue weighted by Gasteiger charge is 2.33. The van der Waals surface area contributed by atoms with Crippen LogP contribution in [0.2, 0.25) is 5.02 Å². The summed E-state index contributed by atoms with van der Waals surface area (Å²) in [5.74, 6) is -0.262. The zero-order valence-corrected chi connectivity index (χ0v) is 22.6. The molecule has 16 heteroatoms. The van der Waals surface area contributed by atoms with Crippen LogP contribution in [0, 0.1) is 0 Å². The monoisotopic (exact) mass is 601 g/mol. The first-order chi connectivity index (χ1) is 17.7. The number of carbonyl (C=O) groups excluding carboxylic acids is 1. The number of ether oxygens (including phenoxy) is 1. The molecule has 3 rings (SSSR count). The largest absolute Gasteiger partial charge is 0.468 e. The number of benzene rings is 1. The van der Waals surface area contributed by atoms with E-state index in [1.807, 2.05) is 24.3 Å². The van der Waals surface area contributed by atoms with Crippen LogP contribution >= 0.6 is 22.9 Å². The van der Waals surface area contributed by atoms with E-state index >= 15 is 0 Å². The second kappa shape index (κ2) is 16.4. The zero-order chi connectivity index (χ0) is 29.0. The number of methoxy groups -OCH3 is 1. The van der Waals surface area contributed by atoms with Crippen LogP contribution < -0.4 is 0 Å². The summed E-state index contributed by atoms with van der Waals surface area (Å²) in [4.78, 5) is 15.8. The molecule has 0 fully saturated rings. The van der Waals surface area contributed by atoms with Crippen molar-refractivity contribution in [1.82, 2.24) is 4.90 Å². The lowest BCUT2D eigenvalue weighted by Crippen LogP contribution is -2.46. The van der Waals surface area contributed by atoms with Gasteiger partial charge in [-0.15, -0.1) is 11.3 Å². The average Bonchev–Trinajstić information content (AvgIpc) is 3.35. The van der Waals surface area contributed by atoms with Crippen LogP contribution in [0.15, 0.2) is 35.7 Å². The minimum atomic E-state index is -4.67. The topological polar surface area (TPSA) is 226 Å². The third-order valence-corrected chi connectivity index (χ3v) is 6.71. The molecule has 0 saturated heterocycles. The van der Waals surface area contributed by atoms with Crippen LogP contribution in [0.3, 0.4) is 0 Å². The fraction of sp³-hybridized carbons (Fsp3) is 0.500. The molecule has 1 aromatic heterocycles. The van der Waals surface area contributed by atoms with Gasteiger partial charge in [0.05, 0.1) is 20.3 Å². The molecule has 216 valence electrons. The molecule has 1 aliphatic rings. The number of aliphatic hydroxyl groups excluding tert-OH is 6. The fourth-order valence-electron chi connectivity index (χ4n) is 3.44. The number of halogens is 1. The maximum atomic E-state index is 12.3. The molecule has 2 heterocycles. The SMILES string of the molecule is COC(=O)[C@H](c1ccccc1Cl)N1CCc2sccc2C1.O=S(=O)(O)O.OC[C@@H](O)[C@@H](O)[C@H](O)[C@H](O)CO. The number of rotatable bonds is 8. The minimum absolute atomic E-state index is 0.262. The summed E-state index contributed by atoms with van der Waals surface area (Å²) in [7, 11) is -3.24. The number of aliphatic hydroxyl groups is 6. The van der Waals surface area contributed by atoms with E-state index < -0.39 is 54.1 Å². The Hall–Kier alpha value is -1.73. The number of carbonyl (C=O) groups is 1. The molecule has 5 atom stereocenters. The Balaban J connectivity index is 0.000000360. The molecule has 0 saturated carbocycles. The van der Waals surface area contributed by atoms with Crippen molar-refractivity contribution in [2.75, 3.05) is 26.9 Å². The molecule has 13 nitrogen and oxygen atoms in total. The van der Waals surface area contributed by atoms with Gasteiger partial charge in [-0.1, -0.05) is 29.8 Å². The van der Waals surface area contributed by atoms with E-state index in [4.69, 9.17) is 64.5 Å². The molecule has 2 aromatic rings. The predicted molar refractivity (Wildman–Crippen MR) is 137 cm³/mol. The molecule has 0 bridgehead atoms. The van der Waals surface area contributed by atoms with Crippen molar-refractivity contribution in [3.05, 3.63) is 56.7 Å². The van der Waals surface area contributed by atoms with Crippen LogP contribution in [-0.4, -0.2) is 110 Å². The Labute approximate surface area is 228 Å². The Morgan fingerprint density at radius 1 is 1.05 bits per heavy atom. The zero-order valence-electron chi connectivity index (χ0n) is 20.2. The van der Waals surface area contributed by atoms with Gasteiger partial charge in [0.15, 0.2) is 0 Å². The third kappa shape index (κ3) is 11.2. The summed E-state index contributed by atoms with van der Waals surface area (Å²) in [6, 6.07) is 9.16. The Morgan fingerprint density at radius 3 is 2.05 bits per heavy atom. The Morgan fingerprint density at radius 2 is 1.58 bits per heavy atom. The number of esters is 1. The van der Waals surface area contributed by atoms with Crippen LogP contribution in [0.25, 0.3) is 0 Å². The van der Waals surface area contributed by atoms with E-state index in [2.05, 4.69) is 16.3 Å². The van der Waals surface area contributed by atoms with Crippen molar-refractivity contribution >= 4 is 39.3 Å². The highest BCUT2D eigenvalue weighted by Crippen LogP contribution is 2.33. The van der Waals surface area contributed by atoms with E-state index in [0.29, 0.717) is 5.02 Å². The minimum Gasteiger partial charge on any atom is -0.468 e.